The Hall–Kier alpha value is -0.800. The van der Waals surface area contributed by atoms with Crippen LogP contribution < -0.4 is 10.6 Å². The summed E-state index contributed by atoms with van der Waals surface area (Å²) < 4.78 is 0. The van der Waals surface area contributed by atoms with E-state index in [4.69, 9.17) is 0 Å². The maximum absolute atomic E-state index is 3.99. The van der Waals surface area contributed by atoms with E-state index in [0.29, 0.717) is 6.04 Å². The molecule has 0 aliphatic heterocycles. The fraction of sp³-hybridized carbons (Fsp3) is 0.655. The first-order valence-electron chi connectivity index (χ1n) is 12.9. The number of halogens is 2. The van der Waals surface area contributed by atoms with Crippen LogP contribution in [0.2, 0.25) is 0 Å². The van der Waals surface area contributed by atoms with Crippen LogP contribution in [0.15, 0.2) is 53.6 Å². The lowest BCUT2D eigenvalue weighted by Gasteiger charge is -2.54. The lowest BCUT2D eigenvalue weighted by molar-refractivity contribution is -0.0133. The highest BCUT2D eigenvalue weighted by atomic mass is 35.5. The lowest BCUT2D eigenvalue weighted by Crippen LogP contribution is -2.55. The van der Waals surface area contributed by atoms with Crippen molar-refractivity contribution >= 4 is 24.8 Å². The molecule has 1 unspecified atom stereocenters. The minimum Gasteiger partial charge on any atom is -0.312 e. The third kappa shape index (κ3) is 8.42. The summed E-state index contributed by atoms with van der Waals surface area (Å²) in [5.41, 5.74) is 4.34. The van der Waals surface area contributed by atoms with E-state index in [1.807, 2.05) is 0 Å². The molecule has 2 N–H and O–H groups in total. The molecule has 1 aromatic carbocycles. The normalized spacial score (nSPS) is 28.6. The van der Waals surface area contributed by atoms with Gasteiger partial charge in [0.2, 0.25) is 0 Å². The van der Waals surface area contributed by atoms with E-state index in [-0.39, 0.29) is 24.8 Å². The number of benzene rings is 1. The minimum absolute atomic E-state index is 0. The molecule has 1 aromatic rings. The monoisotopic (exact) mass is 492 g/mol. The lowest BCUT2D eigenvalue weighted by atomic mass is 9.54. The highest BCUT2D eigenvalue weighted by Gasteiger charge is 2.47. The highest BCUT2D eigenvalue weighted by molar-refractivity contribution is 5.85. The van der Waals surface area contributed by atoms with Gasteiger partial charge >= 0.3 is 0 Å². The molecule has 0 saturated heterocycles. The Morgan fingerprint density at radius 1 is 0.909 bits per heavy atom. The van der Waals surface area contributed by atoms with Crippen LogP contribution >= 0.6 is 24.8 Å². The average molecular weight is 494 g/mol. The second-order valence-corrected chi connectivity index (χ2v) is 11.0. The fourth-order valence-electron chi connectivity index (χ4n) is 6.83. The van der Waals surface area contributed by atoms with Crippen LogP contribution in [0, 0.1) is 23.7 Å². The molecule has 0 amide bonds. The van der Waals surface area contributed by atoms with Gasteiger partial charge in [-0.1, -0.05) is 53.6 Å². The first-order chi connectivity index (χ1) is 15.1. The third-order valence-corrected chi connectivity index (χ3v) is 8.01. The van der Waals surface area contributed by atoms with Crippen molar-refractivity contribution in [1.29, 1.82) is 0 Å². The number of hydrogen-bond donors (Lipinski definition) is 2. The Labute approximate surface area is 215 Å². The summed E-state index contributed by atoms with van der Waals surface area (Å²) in [5.74, 6) is 4.06. The first kappa shape index (κ1) is 28.4. The fourth-order valence-corrected chi connectivity index (χ4v) is 6.83. The van der Waals surface area contributed by atoms with Gasteiger partial charge in [-0.25, -0.2) is 0 Å². The van der Waals surface area contributed by atoms with E-state index in [1.165, 1.54) is 42.4 Å². The van der Waals surface area contributed by atoms with Crippen molar-refractivity contribution in [3.05, 3.63) is 59.2 Å². The molecule has 0 heterocycles. The summed E-state index contributed by atoms with van der Waals surface area (Å²) in [6.45, 7) is 8.83. The molecule has 4 heteroatoms. The molecule has 2 nitrogen and oxygen atoms in total. The summed E-state index contributed by atoms with van der Waals surface area (Å²) in [6, 6.07) is 12.2. The Bertz CT molecular complexity index is 726. The Kier molecular flexibility index (Phi) is 12.0. The van der Waals surface area contributed by atoms with Crippen LogP contribution in [0.5, 0.6) is 0 Å². The summed E-state index contributed by atoms with van der Waals surface area (Å²) in [4.78, 5) is 0. The predicted octanol–water partition coefficient (Wildman–Crippen LogP) is 7.14. The number of hydrogen-bond acceptors (Lipinski definition) is 2. The molecule has 4 aliphatic carbocycles. The van der Waals surface area contributed by atoms with Crippen molar-refractivity contribution in [2.24, 2.45) is 23.7 Å². The van der Waals surface area contributed by atoms with Gasteiger partial charge in [-0.3, -0.25) is 0 Å². The minimum atomic E-state index is 0. The molecule has 0 spiro atoms. The zero-order chi connectivity index (χ0) is 21.6. The Balaban J connectivity index is 0.00000193. The van der Waals surface area contributed by atoms with Crippen LogP contribution in [-0.2, 0) is 6.42 Å². The van der Waals surface area contributed by atoms with E-state index in [0.717, 1.165) is 62.1 Å². The van der Waals surface area contributed by atoms with Crippen molar-refractivity contribution in [1.82, 2.24) is 10.6 Å². The second kappa shape index (κ2) is 13.9. The smallest absolute Gasteiger partial charge is 0.0293 e. The predicted molar refractivity (Wildman–Crippen MR) is 148 cm³/mol. The Morgan fingerprint density at radius 2 is 1.55 bits per heavy atom. The van der Waals surface area contributed by atoms with Gasteiger partial charge < -0.3 is 10.6 Å². The Morgan fingerprint density at radius 3 is 2.15 bits per heavy atom. The van der Waals surface area contributed by atoms with E-state index in [1.54, 1.807) is 6.42 Å². The van der Waals surface area contributed by atoms with Crippen LogP contribution in [0.25, 0.3) is 0 Å². The molecule has 33 heavy (non-hydrogen) atoms. The van der Waals surface area contributed by atoms with E-state index < -0.39 is 0 Å². The largest absolute Gasteiger partial charge is 0.312 e. The molecule has 5 rings (SSSR count). The van der Waals surface area contributed by atoms with Crippen molar-refractivity contribution in [3.8, 4) is 0 Å². The molecular weight excluding hydrogens is 447 g/mol. The molecule has 1 atom stereocenters. The van der Waals surface area contributed by atoms with Gasteiger partial charge in [-0.2, -0.15) is 0 Å². The van der Waals surface area contributed by atoms with Gasteiger partial charge in [0.05, 0.1) is 0 Å². The molecular formula is C29H46Cl2N2. The SMILES string of the molecule is CC(C)=CCC/C(C)=C/C(Cc1ccccc1)NCCNC1C2CC3CC(C2)CC1C3.Cl.Cl. The van der Waals surface area contributed by atoms with Gasteiger partial charge in [-0.15, -0.1) is 24.8 Å². The van der Waals surface area contributed by atoms with E-state index in [2.05, 4.69) is 73.9 Å². The third-order valence-electron chi connectivity index (χ3n) is 8.01. The number of allylic oxidation sites excluding steroid dienone is 3. The molecule has 0 radical (unpaired) electrons. The van der Waals surface area contributed by atoms with Gasteiger partial charge in [0.15, 0.2) is 0 Å². The summed E-state index contributed by atoms with van der Waals surface area (Å²) in [7, 11) is 0. The van der Waals surface area contributed by atoms with Crippen LogP contribution in [0.3, 0.4) is 0 Å². The van der Waals surface area contributed by atoms with Crippen molar-refractivity contribution < 1.29 is 0 Å². The number of rotatable bonds is 11. The maximum Gasteiger partial charge on any atom is 0.0293 e. The molecule has 4 bridgehead atoms. The first-order valence-corrected chi connectivity index (χ1v) is 12.9. The molecule has 186 valence electrons. The van der Waals surface area contributed by atoms with Crippen molar-refractivity contribution in [3.63, 3.8) is 0 Å². The van der Waals surface area contributed by atoms with E-state index in [9.17, 15) is 0 Å². The standard InChI is InChI=1S/C29H44N2.2ClH/c1-21(2)8-7-9-22(3)14-28(20-23-10-5-4-6-11-23)30-12-13-31-29-26-16-24-15-25(18-26)19-27(29)17-24;;/h4-6,8,10-11,14,24-31H,7,9,12-13,15-20H2,1-3H3;2*1H/b22-14+;;. The molecule has 4 saturated carbocycles. The molecule has 0 aromatic heterocycles. The van der Waals surface area contributed by atoms with E-state index >= 15 is 0 Å². The van der Waals surface area contributed by atoms with Crippen molar-refractivity contribution in [2.75, 3.05) is 13.1 Å². The van der Waals surface area contributed by atoms with Crippen LogP contribution in [0.4, 0.5) is 0 Å². The summed E-state index contributed by atoms with van der Waals surface area (Å²) >= 11 is 0. The van der Waals surface area contributed by atoms with Gasteiger partial charge in [0, 0.05) is 25.2 Å². The van der Waals surface area contributed by atoms with Gasteiger partial charge in [0.1, 0.15) is 0 Å². The van der Waals surface area contributed by atoms with Gasteiger partial charge in [-0.05, 0) is 101 Å². The summed E-state index contributed by atoms with van der Waals surface area (Å²) in [6.07, 6.45) is 15.8. The van der Waals surface area contributed by atoms with Crippen molar-refractivity contribution in [2.45, 2.75) is 84.2 Å². The zero-order valence-electron chi connectivity index (χ0n) is 20.9. The topological polar surface area (TPSA) is 24.1 Å². The molecule has 4 fully saturated rings. The van der Waals surface area contributed by atoms with Crippen LogP contribution in [0.1, 0.15) is 71.3 Å². The highest BCUT2D eigenvalue weighted by Crippen LogP contribution is 2.53. The summed E-state index contributed by atoms with van der Waals surface area (Å²) in [5, 5.41) is 7.86. The van der Waals surface area contributed by atoms with Crippen LogP contribution in [-0.4, -0.2) is 25.2 Å². The zero-order valence-corrected chi connectivity index (χ0v) is 22.5. The second-order valence-electron chi connectivity index (χ2n) is 11.0. The number of nitrogens with one attached hydrogen (secondary N) is 2. The average Bonchev–Trinajstić information content (AvgIpc) is 2.72. The molecule has 4 aliphatic rings. The van der Waals surface area contributed by atoms with Gasteiger partial charge in [0.25, 0.3) is 0 Å². The quantitative estimate of drug-likeness (QED) is 0.253. The maximum atomic E-state index is 3.99.